The van der Waals surface area contributed by atoms with Crippen LogP contribution in [0.1, 0.15) is 11.1 Å². The molecule has 54 heavy (non-hydrogen) atoms. The topological polar surface area (TPSA) is 347 Å². The fraction of sp³-hybridized carbons (Fsp3) is 0.455. The molecule has 3 aromatic rings. The molecule has 0 unspecified atom stereocenters. The van der Waals surface area contributed by atoms with Gasteiger partial charge in [-0.05, 0) is 37.1 Å². The summed E-state index contributed by atoms with van der Waals surface area (Å²) in [5.41, 5.74) is 2.51. The predicted octanol–water partition coefficient (Wildman–Crippen LogP) is -13.3. The molecule has 3 rings (SSSR count). The van der Waals surface area contributed by atoms with Gasteiger partial charge in [-0.2, -0.15) is 38.6 Å². The van der Waals surface area contributed by atoms with Gasteiger partial charge in [0, 0.05) is 73.1 Å². The third-order valence-corrected chi connectivity index (χ3v) is 8.15. The molecule has 0 radical (unpaired) electrons. The van der Waals surface area contributed by atoms with Gasteiger partial charge in [-0.15, -0.1) is 0 Å². The van der Waals surface area contributed by atoms with Crippen LogP contribution in [0.25, 0.3) is 0 Å². The molecule has 0 fully saturated rings. The molecule has 0 saturated heterocycles. The van der Waals surface area contributed by atoms with Crippen LogP contribution < -0.4 is 161 Å². The maximum Gasteiger partial charge on any atom is 1.00 e. The molecule has 0 amide bonds. The van der Waals surface area contributed by atoms with Gasteiger partial charge in [0.25, 0.3) is 0 Å². The van der Waals surface area contributed by atoms with Gasteiger partial charge in [0.15, 0.2) is 0 Å². The van der Waals surface area contributed by atoms with Crippen LogP contribution in [0.15, 0.2) is 12.1 Å². The van der Waals surface area contributed by atoms with Crippen LogP contribution >= 0.6 is 24.1 Å². The minimum atomic E-state index is -4.53. The van der Waals surface area contributed by atoms with E-state index < -0.39 is 31.7 Å². The summed E-state index contributed by atoms with van der Waals surface area (Å²) < 4.78 is 74.5. The molecule has 0 spiro atoms. The smallest absolute Gasteiger partial charge is 0.748 e. The van der Waals surface area contributed by atoms with Crippen LogP contribution in [0.2, 0.25) is 0 Å². The van der Waals surface area contributed by atoms with E-state index in [0.717, 1.165) is 24.1 Å². The zero-order valence-electron chi connectivity index (χ0n) is 30.0. The first-order valence-electron chi connectivity index (χ1n) is 13.9. The summed E-state index contributed by atoms with van der Waals surface area (Å²) in [4.78, 5) is 25.4. The number of benzene rings is 1. The molecule has 2 heterocycles. The average molecular weight is 875 g/mol. The third-order valence-electron chi connectivity index (χ3n) is 5.69. The van der Waals surface area contributed by atoms with E-state index in [4.69, 9.17) is 0 Å². The van der Waals surface area contributed by atoms with E-state index in [-0.39, 0.29) is 167 Å². The Bertz CT molecular complexity index is 1690. The van der Waals surface area contributed by atoms with Gasteiger partial charge in [-0.25, -0.2) is 16.8 Å². The fourth-order valence-electron chi connectivity index (χ4n) is 3.60. The Hall–Kier alpha value is 0.320. The Balaban J connectivity index is 0. The quantitative estimate of drug-likeness (QED) is 0.0122. The normalized spacial score (nSPS) is 10.8. The number of aryl methyl sites for hydroxylation is 2. The molecule has 0 atom stereocenters. The molecule has 0 saturated carbocycles. The van der Waals surface area contributed by atoms with Crippen molar-refractivity contribution in [3.8, 4) is 0 Å². The minimum absolute atomic E-state index is 0. The standard InChI is InChI=1S/C22H34N12O12S4.4Na/c1-13-12-16(28-22-33-19(25-5-9-49(37,38)39)30-20(34-22)26-6-10-50(40,41)42)14(2)11-15(13)27-21-31-17(23-3-7-47-45-43-35)29-18(32-21)24-4-8-48-46-44-36;;;;/h11-12,35-36H,3-10H2,1-2H3,(H,37,38,39)(H,40,41,42)(H3,23,24,27,29,31,32)(H3,25,26,28,30,33,34);;;;/q;4*+1/p-4. The summed E-state index contributed by atoms with van der Waals surface area (Å²) >= 11 is 1.55. The van der Waals surface area contributed by atoms with Gasteiger partial charge in [0.2, 0.25) is 35.7 Å². The van der Waals surface area contributed by atoms with E-state index in [1.165, 1.54) is 0 Å². The Labute approximate surface area is 407 Å². The SMILES string of the molecule is Cc1cc(Nc2nc(NCCS(=O)(=O)[O-])nc(NCCS(=O)(=O)[O-])n2)c(C)cc1Nc1nc(NCCSOO[O-])nc(NCCSOO[O-])n1.[Na+].[Na+].[Na+].[Na+]. The molecule has 0 bridgehead atoms. The molecule has 278 valence electrons. The molecule has 32 heteroatoms. The van der Waals surface area contributed by atoms with Crippen LogP contribution in [0.4, 0.5) is 47.1 Å². The van der Waals surface area contributed by atoms with Crippen molar-refractivity contribution in [1.82, 2.24) is 29.9 Å². The van der Waals surface area contributed by atoms with Gasteiger partial charge in [0.05, 0.1) is 31.7 Å². The zero-order valence-corrected chi connectivity index (χ0v) is 41.3. The molecule has 6 N–H and O–H groups in total. The first kappa shape index (κ1) is 56.4. The Morgan fingerprint density at radius 2 is 0.852 bits per heavy atom. The monoisotopic (exact) mass is 874 g/mol. The van der Waals surface area contributed by atoms with E-state index in [2.05, 4.69) is 80.5 Å². The van der Waals surface area contributed by atoms with Crippen LogP contribution in [0.5, 0.6) is 0 Å². The third kappa shape index (κ3) is 23.7. The first-order chi connectivity index (χ1) is 23.7. The number of rotatable bonds is 24. The summed E-state index contributed by atoms with van der Waals surface area (Å²) in [6, 6.07) is 3.52. The van der Waals surface area contributed by atoms with Crippen molar-refractivity contribution in [1.29, 1.82) is 0 Å². The summed E-state index contributed by atoms with van der Waals surface area (Å²) in [7, 11) is -9.06. The summed E-state index contributed by atoms with van der Waals surface area (Å²) in [6.07, 6.45) is 0. The van der Waals surface area contributed by atoms with Crippen molar-refractivity contribution in [2.24, 2.45) is 0 Å². The van der Waals surface area contributed by atoms with Crippen molar-refractivity contribution >= 4 is 91.4 Å². The van der Waals surface area contributed by atoms with Crippen LogP contribution in [-0.4, -0.2) is 105 Å². The second-order valence-corrected chi connectivity index (χ2v) is 14.1. The molecule has 2 aromatic heterocycles. The number of anilines is 8. The zero-order chi connectivity index (χ0) is 36.6. The van der Waals surface area contributed by atoms with Gasteiger partial charge in [-0.1, -0.05) is 0 Å². The second-order valence-electron chi connectivity index (χ2n) is 9.49. The number of nitrogens with zero attached hydrogens (tertiary/aromatic N) is 6. The average Bonchev–Trinajstić information content (AvgIpc) is 3.02. The predicted molar refractivity (Wildman–Crippen MR) is 174 cm³/mol. The van der Waals surface area contributed by atoms with Gasteiger partial charge >= 0.3 is 118 Å². The van der Waals surface area contributed by atoms with E-state index in [1.807, 2.05) is 0 Å². The van der Waals surface area contributed by atoms with Crippen molar-refractivity contribution in [3.05, 3.63) is 23.3 Å². The Morgan fingerprint density at radius 1 is 0.556 bits per heavy atom. The number of nitrogens with one attached hydrogen (secondary N) is 6. The number of hydrogen-bond acceptors (Lipinski definition) is 26. The maximum atomic E-state index is 11.0. The fourth-order valence-corrected chi connectivity index (χ4v) is 4.89. The van der Waals surface area contributed by atoms with Crippen LogP contribution in [-0.2, 0) is 39.0 Å². The Kier molecular flexibility index (Phi) is 30.8. The van der Waals surface area contributed by atoms with Gasteiger partial charge in [-0.3, -0.25) is 10.1 Å². The summed E-state index contributed by atoms with van der Waals surface area (Å²) in [5, 5.41) is 43.9. The van der Waals surface area contributed by atoms with E-state index in [9.17, 15) is 36.5 Å². The molecule has 0 aliphatic carbocycles. The number of hydrogen-bond donors (Lipinski definition) is 6. The van der Waals surface area contributed by atoms with Crippen molar-refractivity contribution < 1.29 is 173 Å². The second kappa shape index (κ2) is 29.5. The molecule has 0 aliphatic heterocycles. The van der Waals surface area contributed by atoms with Crippen LogP contribution in [0.3, 0.4) is 0 Å². The number of aromatic nitrogens is 6. The van der Waals surface area contributed by atoms with Gasteiger partial charge < -0.3 is 51.5 Å². The molecule has 24 nitrogen and oxygen atoms in total. The Morgan fingerprint density at radius 3 is 1.15 bits per heavy atom. The van der Waals surface area contributed by atoms with E-state index in [0.29, 0.717) is 47.1 Å². The molecule has 1 aromatic carbocycles. The largest absolute Gasteiger partial charge is 1.00 e. The van der Waals surface area contributed by atoms with Crippen LogP contribution in [0, 0.1) is 13.8 Å². The maximum absolute atomic E-state index is 11.0. The first-order valence-corrected chi connectivity index (χ1v) is 18.9. The summed E-state index contributed by atoms with van der Waals surface area (Å²) in [5.74, 6) is -0.673. The molecular weight excluding hydrogens is 845 g/mol. The summed E-state index contributed by atoms with van der Waals surface area (Å²) in [6.45, 7) is 3.51. The van der Waals surface area contributed by atoms with Gasteiger partial charge in [0.1, 0.15) is 0 Å². The van der Waals surface area contributed by atoms with E-state index >= 15 is 0 Å². The van der Waals surface area contributed by atoms with Crippen molar-refractivity contribution in [2.75, 3.05) is 81.1 Å². The van der Waals surface area contributed by atoms with E-state index in [1.54, 1.807) is 26.0 Å². The molecular formula is C22H30N12Na4O12S4. The van der Waals surface area contributed by atoms with Crippen molar-refractivity contribution in [3.63, 3.8) is 0 Å². The minimum Gasteiger partial charge on any atom is -0.748 e. The van der Waals surface area contributed by atoms with Crippen molar-refractivity contribution in [2.45, 2.75) is 13.8 Å². The molecule has 0 aliphatic rings.